The molecule has 0 aliphatic rings. The Morgan fingerprint density at radius 3 is 2.55 bits per heavy atom. The van der Waals surface area contributed by atoms with Gasteiger partial charge in [0.2, 0.25) is 0 Å². The van der Waals surface area contributed by atoms with E-state index in [4.69, 9.17) is 32.7 Å². The lowest BCUT2D eigenvalue weighted by molar-refractivity contribution is 0.391. The molecule has 0 aromatic heterocycles. The number of benzene rings is 2. The molecule has 2 rings (SSSR count). The highest BCUT2D eigenvalue weighted by molar-refractivity contribution is 6.43. The average Bonchev–Trinajstić information content (AvgIpc) is 2.48. The quantitative estimate of drug-likeness (QED) is 0.873. The number of ether oxygens (including phenoxy) is 2. The second-order valence-corrected chi connectivity index (χ2v) is 4.92. The van der Waals surface area contributed by atoms with Crippen molar-refractivity contribution in [1.82, 2.24) is 0 Å². The summed E-state index contributed by atoms with van der Waals surface area (Å²) in [6.45, 7) is 0.577. The van der Waals surface area contributed by atoms with Crippen LogP contribution < -0.4 is 14.8 Å². The van der Waals surface area contributed by atoms with Gasteiger partial charge in [-0.3, -0.25) is 0 Å². The fourth-order valence-corrected chi connectivity index (χ4v) is 2.20. The maximum absolute atomic E-state index is 6.14. The van der Waals surface area contributed by atoms with E-state index >= 15 is 0 Å². The predicted octanol–water partition coefficient (Wildman–Crippen LogP) is 4.62. The second kappa shape index (κ2) is 6.73. The van der Waals surface area contributed by atoms with Crippen LogP contribution in [0, 0.1) is 0 Å². The summed E-state index contributed by atoms with van der Waals surface area (Å²) < 4.78 is 10.5. The van der Waals surface area contributed by atoms with Crippen molar-refractivity contribution in [2.75, 3.05) is 19.5 Å². The van der Waals surface area contributed by atoms with Crippen molar-refractivity contribution >= 4 is 28.9 Å². The fourth-order valence-electron chi connectivity index (χ4n) is 1.83. The topological polar surface area (TPSA) is 30.5 Å². The van der Waals surface area contributed by atoms with Gasteiger partial charge < -0.3 is 14.8 Å². The summed E-state index contributed by atoms with van der Waals surface area (Å²) in [4.78, 5) is 0. The van der Waals surface area contributed by atoms with Gasteiger partial charge in [0.1, 0.15) is 11.5 Å². The Balaban J connectivity index is 2.16. The average molecular weight is 312 g/mol. The number of halogens is 2. The monoisotopic (exact) mass is 311 g/mol. The van der Waals surface area contributed by atoms with Crippen LogP contribution in [0.5, 0.6) is 11.5 Å². The van der Waals surface area contributed by atoms with E-state index in [1.54, 1.807) is 20.3 Å². The van der Waals surface area contributed by atoms with Crippen LogP contribution in [-0.4, -0.2) is 14.2 Å². The molecule has 0 aliphatic carbocycles. The molecule has 0 bridgehead atoms. The molecule has 0 saturated carbocycles. The molecule has 20 heavy (non-hydrogen) atoms. The van der Waals surface area contributed by atoms with Crippen LogP contribution in [0.15, 0.2) is 36.4 Å². The first-order chi connectivity index (χ1) is 9.65. The molecule has 3 nitrogen and oxygen atoms in total. The molecule has 0 fully saturated rings. The summed E-state index contributed by atoms with van der Waals surface area (Å²) in [5.74, 6) is 1.52. The van der Waals surface area contributed by atoms with Crippen molar-refractivity contribution < 1.29 is 9.47 Å². The highest BCUT2D eigenvalue weighted by atomic mass is 35.5. The summed E-state index contributed by atoms with van der Waals surface area (Å²) in [6, 6.07) is 11.2. The van der Waals surface area contributed by atoms with Gasteiger partial charge in [0.15, 0.2) is 0 Å². The summed E-state index contributed by atoms with van der Waals surface area (Å²) in [7, 11) is 3.25. The van der Waals surface area contributed by atoms with Crippen molar-refractivity contribution in [3.8, 4) is 11.5 Å². The van der Waals surface area contributed by atoms with Gasteiger partial charge in [-0.1, -0.05) is 29.3 Å². The fraction of sp³-hybridized carbons (Fsp3) is 0.200. The first-order valence-electron chi connectivity index (χ1n) is 6.04. The number of hydrogen-bond donors (Lipinski definition) is 1. The van der Waals surface area contributed by atoms with Crippen LogP contribution in [0.2, 0.25) is 10.0 Å². The molecule has 0 amide bonds. The van der Waals surface area contributed by atoms with Crippen LogP contribution in [0.4, 0.5) is 5.69 Å². The third-order valence-electron chi connectivity index (χ3n) is 2.92. The second-order valence-electron chi connectivity index (χ2n) is 4.13. The minimum absolute atomic E-state index is 0.515. The lowest BCUT2D eigenvalue weighted by Crippen LogP contribution is -2.02. The van der Waals surface area contributed by atoms with Gasteiger partial charge in [-0.15, -0.1) is 0 Å². The molecule has 0 radical (unpaired) electrons. The van der Waals surface area contributed by atoms with Crippen LogP contribution in [0.1, 0.15) is 5.56 Å². The van der Waals surface area contributed by atoms with Crippen LogP contribution in [0.25, 0.3) is 0 Å². The predicted molar refractivity (Wildman–Crippen MR) is 83.3 cm³/mol. The molecule has 0 unspecified atom stereocenters. The standard InChI is InChI=1S/C15H15Cl2NO2/c1-19-11-7-6-10(14(8-11)20-2)9-18-13-5-3-4-12(16)15(13)17/h3-8,18H,9H2,1-2H3. The Morgan fingerprint density at radius 2 is 1.85 bits per heavy atom. The number of hydrogen-bond acceptors (Lipinski definition) is 3. The number of anilines is 1. The SMILES string of the molecule is COc1ccc(CNc2cccc(Cl)c2Cl)c(OC)c1. The number of methoxy groups -OCH3 is 2. The van der Waals surface area contributed by atoms with E-state index in [9.17, 15) is 0 Å². The van der Waals surface area contributed by atoms with Crippen molar-refractivity contribution in [2.45, 2.75) is 6.54 Å². The maximum atomic E-state index is 6.14. The lowest BCUT2D eigenvalue weighted by Gasteiger charge is -2.13. The summed E-state index contributed by atoms with van der Waals surface area (Å²) in [5.41, 5.74) is 1.79. The van der Waals surface area contributed by atoms with E-state index in [0.717, 1.165) is 22.7 Å². The van der Waals surface area contributed by atoms with Crippen molar-refractivity contribution in [3.05, 3.63) is 52.0 Å². The van der Waals surface area contributed by atoms with Crippen molar-refractivity contribution in [3.63, 3.8) is 0 Å². The highest BCUT2D eigenvalue weighted by Gasteiger charge is 2.07. The van der Waals surface area contributed by atoms with Gasteiger partial charge >= 0.3 is 0 Å². The molecule has 1 N–H and O–H groups in total. The minimum Gasteiger partial charge on any atom is -0.497 e. The summed E-state index contributed by atoms with van der Waals surface area (Å²) in [5, 5.41) is 4.29. The molecule has 106 valence electrons. The molecule has 0 aliphatic heterocycles. The Bertz CT molecular complexity index is 602. The largest absolute Gasteiger partial charge is 0.497 e. The van der Waals surface area contributed by atoms with E-state index in [-0.39, 0.29) is 0 Å². The van der Waals surface area contributed by atoms with Crippen molar-refractivity contribution in [2.24, 2.45) is 0 Å². The third kappa shape index (κ3) is 3.30. The minimum atomic E-state index is 0.515. The van der Waals surface area contributed by atoms with Gasteiger partial charge in [-0.2, -0.15) is 0 Å². The Labute approximate surface area is 128 Å². The van der Waals surface area contributed by atoms with E-state index in [1.165, 1.54) is 0 Å². The lowest BCUT2D eigenvalue weighted by atomic mass is 10.2. The maximum Gasteiger partial charge on any atom is 0.127 e. The number of rotatable bonds is 5. The van der Waals surface area contributed by atoms with Crippen LogP contribution in [0.3, 0.4) is 0 Å². The van der Waals surface area contributed by atoms with Gasteiger partial charge in [-0.25, -0.2) is 0 Å². The molecule has 2 aromatic rings. The van der Waals surface area contributed by atoms with Crippen molar-refractivity contribution in [1.29, 1.82) is 0 Å². The van der Waals surface area contributed by atoms with Gasteiger partial charge in [0.25, 0.3) is 0 Å². The van der Waals surface area contributed by atoms with Crippen LogP contribution >= 0.6 is 23.2 Å². The molecule has 2 aromatic carbocycles. The first-order valence-corrected chi connectivity index (χ1v) is 6.80. The zero-order chi connectivity index (χ0) is 14.5. The normalized spacial score (nSPS) is 10.2. The summed E-state index contributed by atoms with van der Waals surface area (Å²) >= 11 is 12.1. The van der Waals surface area contributed by atoms with E-state index in [2.05, 4.69) is 5.32 Å². The molecule has 0 atom stereocenters. The molecular weight excluding hydrogens is 297 g/mol. The molecular formula is C15H15Cl2NO2. The van der Waals surface area contributed by atoms with Gasteiger partial charge in [0, 0.05) is 18.2 Å². The Morgan fingerprint density at radius 1 is 1.05 bits per heavy atom. The molecule has 0 heterocycles. The molecule has 0 spiro atoms. The third-order valence-corrected chi connectivity index (χ3v) is 3.73. The highest BCUT2D eigenvalue weighted by Crippen LogP contribution is 2.31. The Kier molecular flexibility index (Phi) is 4.99. The van der Waals surface area contributed by atoms with Crippen LogP contribution in [-0.2, 0) is 6.54 Å². The van der Waals surface area contributed by atoms with E-state index in [1.807, 2.05) is 30.3 Å². The smallest absolute Gasteiger partial charge is 0.127 e. The first kappa shape index (κ1) is 14.8. The van der Waals surface area contributed by atoms with E-state index < -0.39 is 0 Å². The molecule has 0 saturated heterocycles. The Hall–Kier alpha value is -1.58. The number of nitrogens with one attached hydrogen (secondary N) is 1. The van der Waals surface area contributed by atoms with Gasteiger partial charge in [0.05, 0.1) is 30.0 Å². The molecule has 5 heteroatoms. The zero-order valence-corrected chi connectivity index (χ0v) is 12.8. The van der Waals surface area contributed by atoms with E-state index in [0.29, 0.717) is 16.6 Å². The zero-order valence-electron chi connectivity index (χ0n) is 11.2. The summed E-state index contributed by atoms with van der Waals surface area (Å²) in [6.07, 6.45) is 0. The van der Waals surface area contributed by atoms with Gasteiger partial charge in [-0.05, 0) is 24.3 Å².